The van der Waals surface area contributed by atoms with Crippen molar-refractivity contribution >= 4 is 34.2 Å². The van der Waals surface area contributed by atoms with Crippen LogP contribution in [0.3, 0.4) is 0 Å². The molecule has 18 heavy (non-hydrogen) atoms. The van der Waals surface area contributed by atoms with Gasteiger partial charge in [0.2, 0.25) is 5.91 Å². The van der Waals surface area contributed by atoms with Gasteiger partial charge in [-0.05, 0) is 37.5 Å². The lowest BCUT2D eigenvalue weighted by Gasteiger charge is -2.17. The molecule has 1 saturated heterocycles. The van der Waals surface area contributed by atoms with E-state index in [1.807, 2.05) is 0 Å². The van der Waals surface area contributed by atoms with E-state index >= 15 is 0 Å². The number of carbonyl (C=O) groups is 1. The molecule has 0 unspecified atom stereocenters. The average Bonchev–Trinajstić information content (AvgIpc) is 2.69. The SMILES string of the molecule is Cc1cc(C)c(CC(=O)N2CCSC2=S)c(C)c1. The van der Waals surface area contributed by atoms with Gasteiger partial charge in [-0.3, -0.25) is 9.69 Å². The molecule has 0 aliphatic carbocycles. The number of nitrogens with zero attached hydrogens (tertiary/aromatic N) is 1. The van der Waals surface area contributed by atoms with Gasteiger partial charge in [0, 0.05) is 12.3 Å². The molecule has 0 N–H and O–H groups in total. The summed E-state index contributed by atoms with van der Waals surface area (Å²) in [6, 6.07) is 4.26. The second-order valence-corrected chi connectivity index (χ2v) is 6.44. The van der Waals surface area contributed by atoms with Gasteiger partial charge in [-0.15, -0.1) is 0 Å². The highest BCUT2D eigenvalue weighted by Crippen LogP contribution is 2.22. The molecule has 0 bridgehead atoms. The van der Waals surface area contributed by atoms with E-state index in [9.17, 15) is 4.79 Å². The molecule has 1 aromatic carbocycles. The van der Waals surface area contributed by atoms with Gasteiger partial charge in [-0.25, -0.2) is 0 Å². The Morgan fingerprint density at radius 1 is 1.33 bits per heavy atom. The van der Waals surface area contributed by atoms with Crippen molar-refractivity contribution in [2.45, 2.75) is 27.2 Å². The number of thioether (sulfide) groups is 1. The first kappa shape index (κ1) is 13.6. The Bertz CT molecular complexity index is 488. The van der Waals surface area contributed by atoms with E-state index in [-0.39, 0.29) is 5.91 Å². The highest BCUT2D eigenvalue weighted by Gasteiger charge is 2.24. The van der Waals surface area contributed by atoms with Crippen molar-refractivity contribution in [1.82, 2.24) is 4.90 Å². The van der Waals surface area contributed by atoms with E-state index in [0.717, 1.165) is 22.2 Å². The number of benzene rings is 1. The third-order valence-corrected chi connectivity index (χ3v) is 4.66. The standard InChI is InChI=1S/C14H17NOS2/c1-9-6-10(2)12(11(3)7-9)8-13(16)15-4-5-18-14(15)17/h6-7H,4-5,8H2,1-3H3. The fourth-order valence-corrected chi connectivity index (χ4v) is 3.60. The zero-order valence-corrected chi connectivity index (χ0v) is 12.6. The molecule has 1 aliphatic rings. The number of carbonyl (C=O) groups excluding carboxylic acids is 1. The van der Waals surface area contributed by atoms with E-state index in [0.29, 0.717) is 6.42 Å². The summed E-state index contributed by atoms with van der Waals surface area (Å²) in [5.74, 6) is 1.05. The van der Waals surface area contributed by atoms with Crippen LogP contribution in [0.4, 0.5) is 0 Å². The molecule has 0 spiro atoms. The number of hydrogen-bond acceptors (Lipinski definition) is 3. The lowest BCUT2D eigenvalue weighted by molar-refractivity contribution is -0.126. The fraction of sp³-hybridized carbons (Fsp3) is 0.429. The summed E-state index contributed by atoms with van der Waals surface area (Å²) in [4.78, 5) is 14.0. The normalized spacial score (nSPS) is 15.3. The van der Waals surface area contributed by atoms with Gasteiger partial charge in [-0.2, -0.15) is 0 Å². The van der Waals surface area contributed by atoms with Gasteiger partial charge >= 0.3 is 0 Å². The predicted octanol–water partition coefficient (Wildman–Crippen LogP) is 3.01. The minimum atomic E-state index is 0.125. The topological polar surface area (TPSA) is 20.3 Å². The van der Waals surface area contributed by atoms with Crippen LogP contribution in [0.2, 0.25) is 0 Å². The molecular weight excluding hydrogens is 262 g/mol. The minimum absolute atomic E-state index is 0.125. The highest BCUT2D eigenvalue weighted by atomic mass is 32.2. The second kappa shape index (κ2) is 5.41. The van der Waals surface area contributed by atoms with Gasteiger partial charge in [0.05, 0.1) is 6.42 Å². The lowest BCUT2D eigenvalue weighted by atomic mass is 9.97. The number of hydrogen-bond donors (Lipinski definition) is 0. The summed E-state index contributed by atoms with van der Waals surface area (Å²) in [7, 11) is 0. The smallest absolute Gasteiger partial charge is 0.232 e. The van der Waals surface area contributed by atoms with Gasteiger partial charge < -0.3 is 0 Å². The maximum atomic E-state index is 12.2. The van der Waals surface area contributed by atoms with Gasteiger partial charge in [0.25, 0.3) is 0 Å². The van der Waals surface area contributed by atoms with Gasteiger partial charge in [-0.1, -0.05) is 41.7 Å². The van der Waals surface area contributed by atoms with Crippen LogP contribution in [0.1, 0.15) is 22.3 Å². The van der Waals surface area contributed by atoms with Crippen LogP contribution in [0.15, 0.2) is 12.1 Å². The summed E-state index contributed by atoms with van der Waals surface area (Å²) in [6.45, 7) is 6.98. The molecule has 0 aromatic heterocycles. The van der Waals surface area contributed by atoms with Crippen LogP contribution >= 0.6 is 24.0 Å². The van der Waals surface area contributed by atoms with E-state index < -0.39 is 0 Å². The van der Waals surface area contributed by atoms with Crippen LogP contribution in [-0.2, 0) is 11.2 Å². The van der Waals surface area contributed by atoms with E-state index in [1.165, 1.54) is 16.7 Å². The Morgan fingerprint density at radius 3 is 2.44 bits per heavy atom. The lowest BCUT2D eigenvalue weighted by Crippen LogP contribution is -2.32. The number of aryl methyl sites for hydroxylation is 3. The van der Waals surface area contributed by atoms with Crippen LogP contribution in [0, 0.1) is 20.8 Å². The number of thiocarbonyl (C=S) groups is 1. The van der Waals surface area contributed by atoms with E-state index in [4.69, 9.17) is 12.2 Å². The highest BCUT2D eigenvalue weighted by molar-refractivity contribution is 8.23. The Hall–Kier alpha value is -0.870. The van der Waals surface area contributed by atoms with E-state index in [1.54, 1.807) is 16.7 Å². The largest absolute Gasteiger partial charge is 0.297 e. The summed E-state index contributed by atoms with van der Waals surface area (Å²) < 4.78 is 0.724. The third kappa shape index (κ3) is 2.75. The molecule has 1 amide bonds. The molecule has 1 aromatic rings. The summed E-state index contributed by atoms with van der Waals surface area (Å²) in [5, 5.41) is 0. The van der Waals surface area contributed by atoms with Gasteiger partial charge in [0.15, 0.2) is 0 Å². The molecule has 1 aliphatic heterocycles. The summed E-state index contributed by atoms with van der Waals surface area (Å²) in [6.07, 6.45) is 0.457. The molecule has 2 rings (SSSR count). The van der Waals surface area contributed by atoms with E-state index in [2.05, 4.69) is 32.9 Å². The van der Waals surface area contributed by atoms with Gasteiger partial charge in [0.1, 0.15) is 4.32 Å². The zero-order valence-electron chi connectivity index (χ0n) is 10.9. The molecule has 2 nitrogen and oxygen atoms in total. The predicted molar refractivity (Wildman–Crippen MR) is 81.1 cm³/mol. The fourth-order valence-electron chi connectivity index (χ4n) is 2.36. The Labute approximate surface area is 118 Å². The van der Waals surface area contributed by atoms with Crippen LogP contribution in [0.25, 0.3) is 0 Å². The average molecular weight is 279 g/mol. The van der Waals surface area contributed by atoms with Crippen molar-refractivity contribution in [1.29, 1.82) is 0 Å². The minimum Gasteiger partial charge on any atom is -0.297 e. The molecular formula is C14H17NOS2. The van der Waals surface area contributed by atoms with Crippen molar-refractivity contribution in [2.75, 3.05) is 12.3 Å². The Morgan fingerprint density at radius 2 is 1.94 bits per heavy atom. The number of amides is 1. The number of rotatable bonds is 2. The van der Waals surface area contributed by atoms with Crippen molar-refractivity contribution in [3.8, 4) is 0 Å². The molecule has 96 valence electrons. The molecule has 0 saturated carbocycles. The molecule has 0 atom stereocenters. The van der Waals surface area contributed by atoms with Crippen LogP contribution in [-0.4, -0.2) is 27.4 Å². The second-order valence-electron chi connectivity index (χ2n) is 4.71. The maximum Gasteiger partial charge on any atom is 0.232 e. The van der Waals surface area contributed by atoms with Crippen LogP contribution < -0.4 is 0 Å². The molecule has 4 heteroatoms. The Balaban J connectivity index is 2.19. The van der Waals surface area contributed by atoms with Crippen molar-refractivity contribution < 1.29 is 4.79 Å². The quantitative estimate of drug-likeness (QED) is 0.776. The maximum absolute atomic E-state index is 12.2. The first-order valence-electron chi connectivity index (χ1n) is 6.03. The first-order chi connectivity index (χ1) is 8.49. The van der Waals surface area contributed by atoms with Crippen molar-refractivity contribution in [2.24, 2.45) is 0 Å². The van der Waals surface area contributed by atoms with Crippen LogP contribution in [0.5, 0.6) is 0 Å². The zero-order chi connectivity index (χ0) is 13.3. The molecule has 0 radical (unpaired) electrons. The Kier molecular flexibility index (Phi) is 4.07. The third-order valence-electron chi connectivity index (χ3n) is 3.23. The van der Waals surface area contributed by atoms with Crippen molar-refractivity contribution in [3.05, 3.63) is 34.4 Å². The molecule has 1 heterocycles. The summed E-state index contributed by atoms with van der Waals surface area (Å²) in [5.41, 5.74) is 4.77. The summed E-state index contributed by atoms with van der Waals surface area (Å²) >= 11 is 6.78. The monoisotopic (exact) mass is 279 g/mol. The van der Waals surface area contributed by atoms with Crippen molar-refractivity contribution in [3.63, 3.8) is 0 Å². The molecule has 1 fully saturated rings. The first-order valence-corrected chi connectivity index (χ1v) is 7.42.